The molecule has 0 aromatic heterocycles. The van der Waals surface area contributed by atoms with Gasteiger partial charge in [0.25, 0.3) is 0 Å². The summed E-state index contributed by atoms with van der Waals surface area (Å²) in [6, 6.07) is -1.12. The van der Waals surface area contributed by atoms with Crippen molar-refractivity contribution in [1.82, 2.24) is 4.57 Å². The highest BCUT2D eigenvalue weighted by Gasteiger charge is 2.46. The molecule has 19 heavy (non-hydrogen) atoms. The molecular formula is C10H16N4O4Si. The molecule has 104 valence electrons. The van der Waals surface area contributed by atoms with Gasteiger partial charge in [-0.25, -0.2) is 19.4 Å². The van der Waals surface area contributed by atoms with Crippen LogP contribution in [0.5, 0.6) is 0 Å². The molecule has 0 aliphatic carbocycles. The Morgan fingerprint density at radius 3 is 2.63 bits per heavy atom. The number of ether oxygens (including phenoxy) is 1. The Morgan fingerprint density at radius 2 is 2.16 bits per heavy atom. The third-order valence-corrected chi connectivity index (χ3v) is 4.56. The van der Waals surface area contributed by atoms with Gasteiger partial charge in [0.1, 0.15) is 8.96 Å². The summed E-state index contributed by atoms with van der Waals surface area (Å²) in [6.45, 7) is 3.91. The first-order chi connectivity index (χ1) is 8.96. The van der Waals surface area contributed by atoms with Crippen molar-refractivity contribution in [3.63, 3.8) is 0 Å². The van der Waals surface area contributed by atoms with Crippen LogP contribution in [0.1, 0.15) is 12.8 Å². The van der Waals surface area contributed by atoms with E-state index in [2.05, 4.69) is 9.98 Å². The second-order valence-corrected chi connectivity index (χ2v) is 7.17. The monoisotopic (exact) mass is 284 g/mol. The predicted molar refractivity (Wildman–Crippen MR) is 68.2 cm³/mol. The maximum atomic E-state index is 11.6. The number of isocyanates is 2. The lowest BCUT2D eigenvalue weighted by atomic mass is 10.0. The zero-order valence-electron chi connectivity index (χ0n) is 10.8. The Hall–Kier alpha value is -1.79. The van der Waals surface area contributed by atoms with Gasteiger partial charge in [-0.15, -0.1) is 4.99 Å². The number of nitrogens with zero attached hydrogens (tertiary/aromatic N) is 3. The number of urea groups is 1. The van der Waals surface area contributed by atoms with Gasteiger partial charge in [-0.05, 0) is 6.42 Å². The molecule has 2 amide bonds. The smallest absolute Gasteiger partial charge is 0.310 e. The van der Waals surface area contributed by atoms with Gasteiger partial charge in [0.15, 0.2) is 0 Å². The minimum atomic E-state index is -1.74. The van der Waals surface area contributed by atoms with E-state index in [0.29, 0.717) is 6.42 Å². The molecule has 2 N–H and O–H groups in total. The average molecular weight is 284 g/mol. The number of rotatable bonds is 4. The van der Waals surface area contributed by atoms with Crippen molar-refractivity contribution >= 4 is 27.1 Å². The van der Waals surface area contributed by atoms with E-state index in [1.54, 1.807) is 0 Å². The topological polar surface area (TPSA) is 114 Å². The number of nitrogens with two attached hydrogens (primary N) is 1. The molecular weight excluding hydrogens is 268 g/mol. The Kier molecular flexibility index (Phi) is 5.14. The summed E-state index contributed by atoms with van der Waals surface area (Å²) in [4.78, 5) is 39.8. The minimum absolute atomic E-state index is 0.103. The van der Waals surface area contributed by atoms with Crippen LogP contribution in [0.4, 0.5) is 4.79 Å². The number of hydrogen-bond donors (Lipinski definition) is 1. The summed E-state index contributed by atoms with van der Waals surface area (Å²) in [7, 11) is -1.74. The van der Waals surface area contributed by atoms with Gasteiger partial charge >= 0.3 is 6.03 Å². The molecule has 0 aromatic rings. The summed E-state index contributed by atoms with van der Waals surface area (Å²) < 4.78 is 6.79. The van der Waals surface area contributed by atoms with Gasteiger partial charge < -0.3 is 15.0 Å². The van der Waals surface area contributed by atoms with Crippen LogP contribution in [0, 0.1) is 0 Å². The van der Waals surface area contributed by atoms with E-state index in [1.807, 2.05) is 13.1 Å². The van der Waals surface area contributed by atoms with Crippen molar-refractivity contribution in [2.75, 3.05) is 6.61 Å². The van der Waals surface area contributed by atoms with E-state index >= 15 is 0 Å². The van der Waals surface area contributed by atoms with Crippen molar-refractivity contribution in [2.24, 2.45) is 15.7 Å². The van der Waals surface area contributed by atoms with Gasteiger partial charge in [-0.2, -0.15) is 0 Å². The van der Waals surface area contributed by atoms with Gasteiger partial charge in [0.05, 0.1) is 12.6 Å². The second kappa shape index (κ2) is 6.40. The molecule has 2 atom stereocenters. The third-order valence-electron chi connectivity index (χ3n) is 2.87. The van der Waals surface area contributed by atoms with Crippen molar-refractivity contribution < 1.29 is 19.1 Å². The Morgan fingerprint density at radius 1 is 1.47 bits per heavy atom. The van der Waals surface area contributed by atoms with E-state index in [0.717, 1.165) is 0 Å². The summed E-state index contributed by atoms with van der Waals surface area (Å²) >= 11 is 0. The molecule has 0 saturated carbocycles. The van der Waals surface area contributed by atoms with E-state index in [1.165, 1.54) is 16.7 Å². The lowest BCUT2D eigenvalue weighted by molar-refractivity contribution is -0.132. The Bertz CT molecular complexity index is 445. The van der Waals surface area contributed by atoms with Crippen LogP contribution < -0.4 is 5.73 Å². The standard InChI is InChI=1S/C10H16N4O4Si/c1-19(2)14(9(11)17)10(13-7-16)5-8(12-6-15)3-4-18-10/h8,19H,3-5H2,1-2H3,(H2,11,17). The Labute approximate surface area is 112 Å². The average Bonchev–Trinajstić information content (AvgIpc) is 2.28. The van der Waals surface area contributed by atoms with E-state index in [4.69, 9.17) is 10.5 Å². The van der Waals surface area contributed by atoms with Gasteiger partial charge in [-0.1, -0.05) is 13.1 Å². The van der Waals surface area contributed by atoms with Crippen LogP contribution >= 0.6 is 0 Å². The number of aliphatic imine (C=N–C) groups is 2. The van der Waals surface area contributed by atoms with Crippen molar-refractivity contribution in [3.8, 4) is 0 Å². The zero-order chi connectivity index (χ0) is 14.5. The van der Waals surface area contributed by atoms with Crippen LogP contribution in [0.2, 0.25) is 13.1 Å². The largest absolute Gasteiger partial charge is 0.352 e. The van der Waals surface area contributed by atoms with Crippen molar-refractivity contribution in [2.45, 2.75) is 37.8 Å². The molecule has 1 aliphatic rings. The molecule has 0 spiro atoms. The maximum absolute atomic E-state index is 11.6. The fraction of sp³-hybridized carbons (Fsp3) is 0.700. The van der Waals surface area contributed by atoms with Gasteiger partial charge in [-0.3, -0.25) is 0 Å². The number of primary amides is 1. The lowest BCUT2D eigenvalue weighted by Gasteiger charge is -2.44. The number of amides is 2. The number of carbonyl (C=O) groups excluding carboxylic acids is 3. The molecule has 1 rings (SSSR count). The molecule has 1 aliphatic heterocycles. The van der Waals surface area contributed by atoms with Gasteiger partial charge in [0.2, 0.25) is 18.0 Å². The quantitative estimate of drug-likeness (QED) is 0.439. The molecule has 1 fully saturated rings. The maximum Gasteiger partial charge on any atom is 0.310 e. The van der Waals surface area contributed by atoms with Crippen LogP contribution in [0.15, 0.2) is 9.98 Å². The van der Waals surface area contributed by atoms with E-state index < -0.39 is 26.9 Å². The molecule has 2 unspecified atom stereocenters. The Balaban J connectivity index is 3.18. The SMILES string of the molecule is C[SiH](C)N(C(N)=O)C1(N=C=O)CC(N=C=O)CCO1. The second-order valence-electron chi connectivity index (χ2n) is 4.46. The molecule has 9 heteroatoms. The molecule has 1 heterocycles. The van der Waals surface area contributed by atoms with E-state index in [9.17, 15) is 14.4 Å². The first-order valence-corrected chi connectivity index (χ1v) is 8.68. The van der Waals surface area contributed by atoms with Crippen LogP contribution in [-0.2, 0) is 14.3 Å². The summed E-state index contributed by atoms with van der Waals surface area (Å²) in [5.74, 6) is -1.49. The molecule has 0 aromatic carbocycles. The van der Waals surface area contributed by atoms with Crippen molar-refractivity contribution in [3.05, 3.63) is 0 Å². The van der Waals surface area contributed by atoms with Gasteiger partial charge in [0, 0.05) is 6.42 Å². The minimum Gasteiger partial charge on any atom is -0.352 e. The number of hydrogen-bond acceptors (Lipinski definition) is 6. The first kappa shape index (κ1) is 15.3. The van der Waals surface area contributed by atoms with Crippen LogP contribution in [0.25, 0.3) is 0 Å². The van der Waals surface area contributed by atoms with Crippen LogP contribution in [-0.4, -0.2) is 50.2 Å². The van der Waals surface area contributed by atoms with E-state index in [-0.39, 0.29) is 13.0 Å². The summed E-state index contributed by atoms with van der Waals surface area (Å²) in [6.07, 6.45) is 3.48. The first-order valence-electron chi connectivity index (χ1n) is 5.85. The summed E-state index contributed by atoms with van der Waals surface area (Å²) in [5.41, 5.74) is 5.35. The predicted octanol–water partition coefficient (Wildman–Crippen LogP) is -0.145. The molecule has 0 bridgehead atoms. The molecule has 0 radical (unpaired) electrons. The fourth-order valence-electron chi connectivity index (χ4n) is 2.21. The third kappa shape index (κ3) is 3.36. The number of carbonyl (C=O) groups is 1. The fourth-order valence-corrected chi connectivity index (χ4v) is 3.77. The molecule has 1 saturated heterocycles. The van der Waals surface area contributed by atoms with Crippen molar-refractivity contribution in [1.29, 1.82) is 0 Å². The normalized spacial score (nSPS) is 26.2. The molecule has 8 nitrogen and oxygen atoms in total. The highest BCUT2D eigenvalue weighted by Crippen LogP contribution is 2.32. The highest BCUT2D eigenvalue weighted by atomic mass is 28.3. The summed E-state index contributed by atoms with van der Waals surface area (Å²) in [5, 5.41) is 0. The van der Waals surface area contributed by atoms with Crippen LogP contribution in [0.3, 0.4) is 0 Å². The zero-order valence-corrected chi connectivity index (χ0v) is 12.0. The highest BCUT2D eigenvalue weighted by molar-refractivity contribution is 6.55. The lowest BCUT2D eigenvalue weighted by Crippen LogP contribution is -2.61.